The highest BCUT2D eigenvalue weighted by molar-refractivity contribution is 7.93. The van der Waals surface area contributed by atoms with Crippen molar-refractivity contribution < 1.29 is 13.2 Å². The first-order valence-corrected chi connectivity index (χ1v) is 11.8. The number of nitrogens with one attached hydrogen (secondary N) is 1. The third kappa shape index (κ3) is 4.34. The van der Waals surface area contributed by atoms with Crippen molar-refractivity contribution in [1.29, 1.82) is 5.26 Å². The second kappa shape index (κ2) is 8.11. The molecule has 0 atom stereocenters. The number of hydrogen-bond donors (Lipinski definition) is 1. The molecule has 1 N–H and O–H groups in total. The summed E-state index contributed by atoms with van der Waals surface area (Å²) in [6.45, 7) is 3.18. The van der Waals surface area contributed by atoms with Gasteiger partial charge in [0, 0.05) is 24.3 Å². The predicted molar refractivity (Wildman–Crippen MR) is 116 cm³/mol. The summed E-state index contributed by atoms with van der Waals surface area (Å²) < 4.78 is 27.1. The van der Waals surface area contributed by atoms with Crippen LogP contribution in [0.2, 0.25) is 0 Å². The molecule has 0 bridgehead atoms. The van der Waals surface area contributed by atoms with E-state index in [1.54, 1.807) is 18.2 Å². The Morgan fingerprint density at radius 3 is 2.33 bits per heavy atom. The first-order valence-electron chi connectivity index (χ1n) is 10.3. The maximum absolute atomic E-state index is 13.1. The lowest BCUT2D eigenvalue weighted by molar-refractivity contribution is 0.0712. The number of aryl methyl sites for hydroxylation is 1. The van der Waals surface area contributed by atoms with Gasteiger partial charge in [-0.25, -0.2) is 8.42 Å². The Morgan fingerprint density at radius 2 is 1.73 bits per heavy atom. The summed E-state index contributed by atoms with van der Waals surface area (Å²) in [5.41, 5.74) is 3.68. The highest BCUT2D eigenvalue weighted by Crippen LogP contribution is 2.31. The van der Waals surface area contributed by atoms with Gasteiger partial charge >= 0.3 is 0 Å². The summed E-state index contributed by atoms with van der Waals surface area (Å²) in [6.07, 6.45) is 3.12. The topological polar surface area (TPSA) is 90.3 Å². The van der Waals surface area contributed by atoms with Crippen molar-refractivity contribution in [2.75, 3.05) is 17.8 Å². The van der Waals surface area contributed by atoms with Crippen molar-refractivity contribution in [3.05, 3.63) is 64.7 Å². The molecule has 0 radical (unpaired) electrons. The van der Waals surface area contributed by atoms with Crippen molar-refractivity contribution in [2.45, 2.75) is 43.8 Å². The number of carbonyl (C=O) groups excluding carboxylic acids is 1. The van der Waals surface area contributed by atoms with E-state index < -0.39 is 10.0 Å². The van der Waals surface area contributed by atoms with Crippen LogP contribution in [0.25, 0.3) is 0 Å². The fraction of sp³-hybridized carbons (Fsp3) is 0.391. The Labute approximate surface area is 177 Å². The molecule has 1 saturated heterocycles. The van der Waals surface area contributed by atoms with Crippen LogP contribution < -0.4 is 4.72 Å². The molecule has 6 nitrogen and oxygen atoms in total. The molecular weight excluding hydrogens is 398 g/mol. The molecule has 1 heterocycles. The van der Waals surface area contributed by atoms with Gasteiger partial charge in [0.15, 0.2) is 0 Å². The van der Waals surface area contributed by atoms with E-state index in [1.165, 1.54) is 5.56 Å². The molecule has 30 heavy (non-hydrogen) atoms. The monoisotopic (exact) mass is 423 g/mol. The van der Waals surface area contributed by atoms with E-state index in [9.17, 15) is 13.2 Å². The zero-order valence-electron chi connectivity index (χ0n) is 17.0. The number of benzene rings is 2. The first kappa shape index (κ1) is 20.4. The maximum atomic E-state index is 13.1. The standard InChI is InChI=1S/C23H25N3O3S/c1-16-2-7-20(25-30(28,29)21-8-9-21)14-22(16)23(27)26-12-10-19(11-13-26)18-5-3-17(15-24)4-6-18/h2-7,14,19,21,25H,8-13H2,1H3. The molecule has 2 fully saturated rings. The summed E-state index contributed by atoms with van der Waals surface area (Å²) in [5.74, 6) is 0.317. The van der Waals surface area contributed by atoms with Crippen LogP contribution in [-0.4, -0.2) is 37.6 Å². The molecular formula is C23H25N3O3S. The van der Waals surface area contributed by atoms with E-state index in [4.69, 9.17) is 5.26 Å². The molecule has 2 aliphatic rings. The molecule has 1 saturated carbocycles. The van der Waals surface area contributed by atoms with Gasteiger partial charge in [-0.2, -0.15) is 5.26 Å². The summed E-state index contributed by atoms with van der Waals surface area (Å²) in [5, 5.41) is 8.64. The fourth-order valence-electron chi connectivity index (χ4n) is 3.96. The number of nitriles is 1. The van der Waals surface area contributed by atoms with Gasteiger partial charge in [-0.1, -0.05) is 18.2 Å². The van der Waals surface area contributed by atoms with Crippen LogP contribution in [0.4, 0.5) is 5.69 Å². The van der Waals surface area contributed by atoms with Gasteiger partial charge in [0.05, 0.1) is 16.9 Å². The third-order valence-corrected chi connectivity index (χ3v) is 7.85. The Morgan fingerprint density at radius 1 is 1.07 bits per heavy atom. The van der Waals surface area contributed by atoms with Crippen LogP contribution in [0.1, 0.15) is 58.6 Å². The quantitative estimate of drug-likeness (QED) is 0.792. The van der Waals surface area contributed by atoms with Gasteiger partial charge in [-0.15, -0.1) is 0 Å². The van der Waals surface area contributed by atoms with Gasteiger partial charge in [0.25, 0.3) is 5.91 Å². The van der Waals surface area contributed by atoms with Crippen LogP contribution in [0.5, 0.6) is 0 Å². The van der Waals surface area contributed by atoms with Crippen molar-refractivity contribution in [1.82, 2.24) is 4.90 Å². The maximum Gasteiger partial charge on any atom is 0.254 e. The van der Waals surface area contributed by atoms with Crippen molar-refractivity contribution in [2.24, 2.45) is 0 Å². The molecule has 0 unspecified atom stereocenters. The molecule has 1 amide bonds. The lowest BCUT2D eigenvalue weighted by Crippen LogP contribution is -2.38. The number of rotatable bonds is 5. The predicted octanol–water partition coefficient (Wildman–Crippen LogP) is 3.79. The number of nitrogens with zero attached hydrogens (tertiary/aromatic N) is 2. The van der Waals surface area contributed by atoms with Crippen LogP contribution >= 0.6 is 0 Å². The number of sulfonamides is 1. The van der Waals surface area contributed by atoms with Crippen LogP contribution in [0, 0.1) is 18.3 Å². The van der Waals surface area contributed by atoms with Gasteiger partial charge < -0.3 is 4.90 Å². The van der Waals surface area contributed by atoms with E-state index in [-0.39, 0.29) is 11.2 Å². The minimum Gasteiger partial charge on any atom is -0.339 e. The third-order valence-electron chi connectivity index (χ3n) is 5.98. The number of likely N-dealkylation sites (tertiary alicyclic amines) is 1. The Bertz CT molecular complexity index is 1090. The number of amides is 1. The van der Waals surface area contributed by atoms with Gasteiger partial charge in [-0.05, 0) is 73.9 Å². The van der Waals surface area contributed by atoms with E-state index in [0.717, 1.165) is 18.4 Å². The lowest BCUT2D eigenvalue weighted by atomic mass is 9.88. The van der Waals surface area contributed by atoms with Crippen molar-refractivity contribution in [3.63, 3.8) is 0 Å². The number of anilines is 1. The molecule has 0 aromatic heterocycles. The molecule has 1 aliphatic heterocycles. The summed E-state index contributed by atoms with van der Waals surface area (Å²) in [7, 11) is -3.36. The molecule has 156 valence electrons. The van der Waals surface area contributed by atoms with E-state index in [0.29, 0.717) is 48.7 Å². The Kier molecular flexibility index (Phi) is 5.52. The van der Waals surface area contributed by atoms with E-state index >= 15 is 0 Å². The number of piperidine rings is 1. The average molecular weight is 424 g/mol. The summed E-state index contributed by atoms with van der Waals surface area (Å²) >= 11 is 0. The molecule has 4 rings (SSSR count). The van der Waals surface area contributed by atoms with Crippen LogP contribution in [-0.2, 0) is 10.0 Å². The SMILES string of the molecule is Cc1ccc(NS(=O)(=O)C2CC2)cc1C(=O)N1CCC(c2ccc(C#N)cc2)CC1. The van der Waals surface area contributed by atoms with Gasteiger partial charge in [0.1, 0.15) is 0 Å². The normalized spacial score (nSPS) is 17.4. The fourth-order valence-corrected chi connectivity index (χ4v) is 5.34. The van der Waals surface area contributed by atoms with Crippen LogP contribution in [0.3, 0.4) is 0 Å². The van der Waals surface area contributed by atoms with Crippen molar-refractivity contribution in [3.8, 4) is 6.07 Å². The second-order valence-electron chi connectivity index (χ2n) is 8.18. The molecule has 2 aromatic rings. The average Bonchev–Trinajstić information content (AvgIpc) is 3.61. The lowest BCUT2D eigenvalue weighted by Gasteiger charge is -2.32. The Balaban J connectivity index is 1.43. The Hall–Kier alpha value is -2.85. The van der Waals surface area contributed by atoms with E-state index in [1.807, 2.05) is 36.1 Å². The minimum absolute atomic E-state index is 0.0572. The molecule has 7 heteroatoms. The second-order valence-corrected chi connectivity index (χ2v) is 10.1. The molecule has 0 spiro atoms. The van der Waals surface area contributed by atoms with Crippen molar-refractivity contribution >= 4 is 21.6 Å². The summed E-state index contributed by atoms with van der Waals surface area (Å²) in [4.78, 5) is 15.0. The smallest absolute Gasteiger partial charge is 0.254 e. The number of hydrogen-bond acceptors (Lipinski definition) is 4. The highest BCUT2D eigenvalue weighted by Gasteiger charge is 2.36. The summed E-state index contributed by atoms with van der Waals surface area (Å²) in [6, 6.07) is 15.0. The zero-order chi connectivity index (χ0) is 21.3. The van der Waals surface area contributed by atoms with Gasteiger partial charge in [-0.3, -0.25) is 9.52 Å². The largest absolute Gasteiger partial charge is 0.339 e. The molecule has 1 aliphatic carbocycles. The number of carbonyl (C=O) groups is 1. The zero-order valence-corrected chi connectivity index (χ0v) is 17.8. The first-order chi connectivity index (χ1) is 14.4. The van der Waals surface area contributed by atoms with E-state index in [2.05, 4.69) is 10.8 Å². The van der Waals surface area contributed by atoms with Crippen LogP contribution in [0.15, 0.2) is 42.5 Å². The minimum atomic E-state index is -3.36. The van der Waals surface area contributed by atoms with Gasteiger partial charge in [0.2, 0.25) is 10.0 Å². The highest BCUT2D eigenvalue weighted by atomic mass is 32.2. The molecule has 2 aromatic carbocycles.